The number of furan rings is 1. The van der Waals surface area contributed by atoms with Crippen LogP contribution >= 0.6 is 0 Å². The molecular formula is C24H20N2O7. The van der Waals surface area contributed by atoms with E-state index >= 15 is 0 Å². The summed E-state index contributed by atoms with van der Waals surface area (Å²) in [5.74, 6) is -1.11. The minimum atomic E-state index is -0.926. The van der Waals surface area contributed by atoms with Crippen molar-refractivity contribution in [1.82, 2.24) is 4.90 Å². The number of rotatable bonds is 7. The highest BCUT2D eigenvalue weighted by Crippen LogP contribution is 2.41. The van der Waals surface area contributed by atoms with Gasteiger partial charge in [0.05, 0.1) is 36.0 Å². The number of benzene rings is 2. The Balaban J connectivity index is 1.85. The quantitative estimate of drug-likeness (QED) is 0.189. The fourth-order valence-corrected chi connectivity index (χ4v) is 3.80. The molecule has 9 heteroatoms. The zero-order valence-electron chi connectivity index (χ0n) is 17.6. The zero-order valence-corrected chi connectivity index (χ0v) is 17.6. The number of hydrogen-bond acceptors (Lipinski definition) is 7. The number of nitrogens with zero attached hydrogens (tertiary/aromatic N) is 2. The molecule has 1 atom stereocenters. The molecule has 1 saturated heterocycles. The fourth-order valence-electron chi connectivity index (χ4n) is 3.80. The van der Waals surface area contributed by atoms with E-state index in [1.807, 2.05) is 6.92 Å². The maximum atomic E-state index is 13.0. The van der Waals surface area contributed by atoms with Gasteiger partial charge in [-0.1, -0.05) is 24.3 Å². The number of aliphatic hydroxyl groups is 1. The van der Waals surface area contributed by atoms with E-state index in [0.717, 1.165) is 6.07 Å². The van der Waals surface area contributed by atoms with Gasteiger partial charge >= 0.3 is 0 Å². The minimum Gasteiger partial charge on any atom is -0.507 e. The van der Waals surface area contributed by atoms with Gasteiger partial charge in [0.25, 0.3) is 17.4 Å². The van der Waals surface area contributed by atoms with E-state index in [9.17, 15) is 24.8 Å². The van der Waals surface area contributed by atoms with Gasteiger partial charge in [-0.3, -0.25) is 19.7 Å². The smallest absolute Gasteiger partial charge is 0.296 e. The molecule has 0 spiro atoms. The highest BCUT2D eigenvalue weighted by Gasteiger charge is 2.46. The lowest BCUT2D eigenvalue weighted by molar-refractivity contribution is -0.384. The third-order valence-electron chi connectivity index (χ3n) is 5.28. The van der Waals surface area contributed by atoms with Crippen LogP contribution in [0.3, 0.4) is 0 Å². The summed E-state index contributed by atoms with van der Waals surface area (Å²) in [6.45, 7) is 2.33. The molecule has 33 heavy (non-hydrogen) atoms. The summed E-state index contributed by atoms with van der Waals surface area (Å²) in [4.78, 5) is 37.9. The Morgan fingerprint density at radius 1 is 1.15 bits per heavy atom. The molecule has 0 unspecified atom stereocenters. The number of ketones is 1. The summed E-state index contributed by atoms with van der Waals surface area (Å²) in [6.07, 6.45) is 1.46. The predicted octanol–water partition coefficient (Wildman–Crippen LogP) is 4.21. The van der Waals surface area contributed by atoms with Crippen molar-refractivity contribution in [2.24, 2.45) is 0 Å². The van der Waals surface area contributed by atoms with Crippen LogP contribution in [0.4, 0.5) is 5.69 Å². The molecule has 9 nitrogen and oxygen atoms in total. The Morgan fingerprint density at radius 3 is 2.55 bits per heavy atom. The van der Waals surface area contributed by atoms with Crippen LogP contribution in [-0.2, 0) is 16.1 Å². The third-order valence-corrected chi connectivity index (χ3v) is 5.28. The fraction of sp³-hybridized carbons (Fsp3) is 0.167. The van der Waals surface area contributed by atoms with E-state index in [4.69, 9.17) is 9.15 Å². The van der Waals surface area contributed by atoms with E-state index < -0.39 is 28.4 Å². The molecule has 3 aromatic rings. The number of hydrogen-bond donors (Lipinski definition) is 1. The topological polar surface area (TPSA) is 123 Å². The summed E-state index contributed by atoms with van der Waals surface area (Å²) in [5.41, 5.74) is 0.227. The van der Waals surface area contributed by atoms with Crippen molar-refractivity contribution in [3.05, 3.63) is 99.5 Å². The first-order chi connectivity index (χ1) is 15.9. The standard InChI is InChI=1S/C24H20N2O7/c1-2-32-18-10-8-15(9-11-18)21-20(22(27)16-5-3-6-17(13-16)26(30)31)23(28)24(29)25(21)14-19-7-4-12-33-19/h3-13,21,27H,2,14H2,1H3/b22-20+/t21-/m0/s1. The first-order valence-electron chi connectivity index (χ1n) is 10.2. The summed E-state index contributed by atoms with van der Waals surface area (Å²) in [7, 11) is 0. The van der Waals surface area contributed by atoms with Crippen LogP contribution in [0.25, 0.3) is 5.76 Å². The minimum absolute atomic E-state index is 0.00116. The average Bonchev–Trinajstić information content (AvgIpc) is 3.42. The molecule has 0 aliphatic carbocycles. The number of ether oxygens (including phenoxy) is 1. The molecule has 2 heterocycles. The number of aliphatic hydroxyl groups excluding tert-OH is 1. The Labute approximate surface area is 188 Å². The Kier molecular flexibility index (Phi) is 5.95. The lowest BCUT2D eigenvalue weighted by atomic mass is 9.95. The lowest BCUT2D eigenvalue weighted by Gasteiger charge is -2.24. The van der Waals surface area contributed by atoms with Gasteiger partial charge in [-0.25, -0.2) is 0 Å². The lowest BCUT2D eigenvalue weighted by Crippen LogP contribution is -2.29. The van der Waals surface area contributed by atoms with E-state index in [-0.39, 0.29) is 23.4 Å². The van der Waals surface area contributed by atoms with E-state index in [1.54, 1.807) is 36.4 Å². The SMILES string of the molecule is CCOc1ccc([C@H]2/C(=C(\O)c3cccc([N+](=O)[O-])c3)C(=O)C(=O)N2Cc2ccco2)cc1. The molecule has 0 bridgehead atoms. The molecule has 4 rings (SSSR count). The second kappa shape index (κ2) is 8.99. The third kappa shape index (κ3) is 4.20. The van der Waals surface area contributed by atoms with Crippen LogP contribution in [0.5, 0.6) is 5.75 Å². The number of likely N-dealkylation sites (tertiary alicyclic amines) is 1. The highest BCUT2D eigenvalue weighted by atomic mass is 16.6. The maximum Gasteiger partial charge on any atom is 0.296 e. The van der Waals surface area contributed by atoms with Gasteiger partial charge in [0, 0.05) is 17.7 Å². The first kappa shape index (κ1) is 21.8. The van der Waals surface area contributed by atoms with Gasteiger partial charge in [-0.2, -0.15) is 0 Å². The average molecular weight is 448 g/mol. The Hall–Kier alpha value is -4.40. The number of nitro groups is 1. The van der Waals surface area contributed by atoms with E-state index in [2.05, 4.69) is 0 Å². The second-order valence-electron chi connectivity index (χ2n) is 7.32. The van der Waals surface area contributed by atoms with Crippen LogP contribution in [-0.4, -0.2) is 33.2 Å². The monoisotopic (exact) mass is 448 g/mol. The second-order valence-corrected chi connectivity index (χ2v) is 7.32. The number of carbonyl (C=O) groups excluding carboxylic acids is 2. The van der Waals surface area contributed by atoms with Gasteiger partial charge in [0.1, 0.15) is 17.3 Å². The van der Waals surface area contributed by atoms with Crippen LogP contribution in [0.2, 0.25) is 0 Å². The molecule has 0 radical (unpaired) electrons. The van der Waals surface area contributed by atoms with Crippen molar-refractivity contribution >= 4 is 23.1 Å². The van der Waals surface area contributed by atoms with Gasteiger partial charge in [-0.05, 0) is 36.8 Å². The molecule has 1 aliphatic rings. The molecule has 2 aromatic carbocycles. The van der Waals surface area contributed by atoms with Crippen molar-refractivity contribution < 1.29 is 28.8 Å². The number of non-ortho nitro benzene ring substituents is 1. The van der Waals surface area contributed by atoms with E-state index in [1.165, 1.54) is 29.4 Å². The molecule has 1 aromatic heterocycles. The Bertz CT molecular complexity index is 1230. The van der Waals surface area contributed by atoms with Gasteiger partial charge in [0.2, 0.25) is 0 Å². The highest BCUT2D eigenvalue weighted by molar-refractivity contribution is 6.46. The molecule has 168 valence electrons. The summed E-state index contributed by atoms with van der Waals surface area (Å²) >= 11 is 0. The molecule has 0 saturated carbocycles. The molecular weight excluding hydrogens is 428 g/mol. The van der Waals surface area contributed by atoms with E-state index in [0.29, 0.717) is 23.7 Å². The number of carbonyl (C=O) groups is 2. The van der Waals surface area contributed by atoms with Gasteiger partial charge in [0.15, 0.2) is 0 Å². The predicted molar refractivity (Wildman–Crippen MR) is 117 cm³/mol. The van der Waals surface area contributed by atoms with Gasteiger partial charge < -0.3 is 19.2 Å². The van der Waals surface area contributed by atoms with Crippen LogP contribution in [0.15, 0.2) is 76.9 Å². The van der Waals surface area contributed by atoms with Gasteiger partial charge in [-0.15, -0.1) is 0 Å². The molecule has 1 N–H and O–H groups in total. The summed E-state index contributed by atoms with van der Waals surface area (Å²) in [5, 5.41) is 22.2. The number of amides is 1. The summed E-state index contributed by atoms with van der Waals surface area (Å²) in [6, 6.07) is 14.5. The largest absolute Gasteiger partial charge is 0.507 e. The molecule has 1 aliphatic heterocycles. The maximum absolute atomic E-state index is 13.0. The van der Waals surface area contributed by atoms with Crippen molar-refractivity contribution in [3.8, 4) is 5.75 Å². The zero-order chi connectivity index (χ0) is 23.5. The van der Waals surface area contributed by atoms with Crippen LogP contribution in [0.1, 0.15) is 29.9 Å². The first-order valence-corrected chi connectivity index (χ1v) is 10.2. The van der Waals surface area contributed by atoms with Crippen molar-refractivity contribution in [2.45, 2.75) is 19.5 Å². The normalized spacial score (nSPS) is 17.4. The van der Waals surface area contributed by atoms with Crippen LogP contribution < -0.4 is 4.74 Å². The van der Waals surface area contributed by atoms with Crippen molar-refractivity contribution in [3.63, 3.8) is 0 Å². The molecule has 1 amide bonds. The molecule has 1 fully saturated rings. The summed E-state index contributed by atoms with van der Waals surface area (Å²) < 4.78 is 10.8. The Morgan fingerprint density at radius 2 is 1.91 bits per heavy atom. The number of Topliss-reactive ketones (excluding diaryl/α,β-unsaturated/α-hetero) is 1. The van der Waals surface area contributed by atoms with Crippen molar-refractivity contribution in [2.75, 3.05) is 6.61 Å². The van der Waals surface area contributed by atoms with Crippen LogP contribution in [0, 0.1) is 10.1 Å². The number of nitro benzene ring substituents is 1. The van der Waals surface area contributed by atoms with Crippen molar-refractivity contribution in [1.29, 1.82) is 0 Å².